The Kier molecular flexibility index (Phi) is 5.56. The Morgan fingerprint density at radius 3 is 2.76 bits per heavy atom. The van der Waals surface area contributed by atoms with Crippen LogP contribution in [0.2, 0.25) is 0 Å². The molecule has 0 bridgehead atoms. The quantitative estimate of drug-likeness (QED) is 0.484. The number of thioether (sulfide) groups is 1. The first-order chi connectivity index (χ1) is 13.9. The summed E-state index contributed by atoms with van der Waals surface area (Å²) in [6.45, 7) is -0.259. The summed E-state index contributed by atoms with van der Waals surface area (Å²) < 4.78 is 5.30. The van der Waals surface area contributed by atoms with Crippen LogP contribution in [0.1, 0.15) is 24.1 Å². The molecular formula is C19H22N2O6S2. The number of aliphatic carboxylic acids is 1. The van der Waals surface area contributed by atoms with Crippen molar-refractivity contribution in [3.05, 3.63) is 22.4 Å². The number of amides is 2. The van der Waals surface area contributed by atoms with E-state index in [-0.39, 0.29) is 54.4 Å². The van der Waals surface area contributed by atoms with Crippen molar-refractivity contribution in [2.45, 2.75) is 37.1 Å². The molecule has 2 saturated heterocycles. The van der Waals surface area contributed by atoms with Crippen molar-refractivity contribution < 1.29 is 29.0 Å². The fraction of sp³-hybridized carbons (Fsp3) is 0.579. The molecule has 2 N–H and O–H groups in total. The third-order valence-corrected chi connectivity index (χ3v) is 8.22. The van der Waals surface area contributed by atoms with Crippen LogP contribution in [-0.2, 0) is 30.3 Å². The topological polar surface area (TPSA) is 113 Å². The number of ether oxygens (including phenoxy) is 1. The normalized spacial score (nSPS) is 28.7. The average Bonchev–Trinajstić information content (AvgIpc) is 3.15. The molecule has 0 spiro atoms. The Morgan fingerprint density at radius 2 is 2.14 bits per heavy atom. The van der Waals surface area contributed by atoms with Gasteiger partial charge in [0.05, 0.1) is 12.3 Å². The van der Waals surface area contributed by atoms with Crippen molar-refractivity contribution in [1.29, 1.82) is 0 Å². The molecule has 3 atom stereocenters. The summed E-state index contributed by atoms with van der Waals surface area (Å²) in [5, 5.41) is 14.1. The lowest BCUT2D eigenvalue weighted by atomic mass is 9.85. The average molecular weight is 439 g/mol. The maximum Gasteiger partial charge on any atom is 0.315 e. The fourth-order valence-corrected chi connectivity index (χ4v) is 5.90. The van der Waals surface area contributed by atoms with Crippen molar-refractivity contribution in [3.63, 3.8) is 0 Å². The molecule has 1 aliphatic carbocycles. The van der Waals surface area contributed by atoms with E-state index in [9.17, 15) is 24.3 Å². The minimum Gasteiger partial charge on any atom is -0.481 e. The van der Waals surface area contributed by atoms with Gasteiger partial charge in [0.1, 0.15) is 23.4 Å². The number of nitrogens with one attached hydrogen (secondary N) is 1. The van der Waals surface area contributed by atoms with Gasteiger partial charge in [-0.3, -0.25) is 19.2 Å². The first-order valence-electron chi connectivity index (χ1n) is 9.53. The number of nitrogens with zero attached hydrogens (tertiary/aromatic N) is 1. The predicted molar refractivity (Wildman–Crippen MR) is 106 cm³/mol. The number of fused-ring (bicyclic) bond motifs is 1. The van der Waals surface area contributed by atoms with Crippen LogP contribution in [0, 0.1) is 11.3 Å². The second-order valence-corrected chi connectivity index (χ2v) is 9.93. The van der Waals surface area contributed by atoms with Gasteiger partial charge in [0.25, 0.3) is 0 Å². The van der Waals surface area contributed by atoms with Crippen LogP contribution in [0.25, 0.3) is 0 Å². The van der Waals surface area contributed by atoms with E-state index in [1.54, 1.807) is 0 Å². The fourth-order valence-electron chi connectivity index (χ4n) is 3.67. The third-order valence-electron chi connectivity index (χ3n) is 5.76. The van der Waals surface area contributed by atoms with Crippen LogP contribution >= 0.6 is 23.1 Å². The highest BCUT2D eigenvalue weighted by molar-refractivity contribution is 8.00. The molecule has 0 radical (unpaired) electrons. The van der Waals surface area contributed by atoms with E-state index in [2.05, 4.69) is 5.32 Å². The lowest BCUT2D eigenvalue weighted by molar-refractivity contribution is -0.168. The summed E-state index contributed by atoms with van der Waals surface area (Å²) in [6, 6.07) is 3.08. The molecule has 10 heteroatoms. The Balaban J connectivity index is 1.34. The number of carboxylic acid groups (broad SMARTS) is 1. The van der Waals surface area contributed by atoms with E-state index < -0.39 is 17.4 Å². The molecule has 1 aromatic heterocycles. The Morgan fingerprint density at radius 1 is 1.34 bits per heavy atom. The Bertz CT molecular complexity index is 825. The number of β-lactam (4-membered cyclic amide) rings is 1. The maximum atomic E-state index is 12.5. The molecule has 4 rings (SSSR count). The first-order valence-corrected chi connectivity index (χ1v) is 11.5. The Hall–Kier alpha value is -2.07. The first kappa shape index (κ1) is 20.2. The van der Waals surface area contributed by atoms with Crippen molar-refractivity contribution in [2.75, 3.05) is 18.9 Å². The van der Waals surface area contributed by atoms with Gasteiger partial charge in [-0.15, -0.1) is 23.1 Å². The molecule has 2 unspecified atom stereocenters. The molecule has 29 heavy (non-hydrogen) atoms. The van der Waals surface area contributed by atoms with E-state index in [4.69, 9.17) is 4.74 Å². The van der Waals surface area contributed by atoms with Crippen LogP contribution in [0.15, 0.2) is 17.5 Å². The number of carbonyl (C=O) groups is 4. The van der Waals surface area contributed by atoms with Gasteiger partial charge in [0.15, 0.2) is 0 Å². The highest BCUT2D eigenvalue weighted by atomic mass is 32.2. The summed E-state index contributed by atoms with van der Waals surface area (Å²) in [5.74, 6) is -1.86. The molecule has 0 aromatic carbocycles. The number of hydrogen-bond acceptors (Lipinski definition) is 7. The zero-order chi connectivity index (χ0) is 20.6. The van der Waals surface area contributed by atoms with E-state index >= 15 is 0 Å². The van der Waals surface area contributed by atoms with Gasteiger partial charge in [-0.2, -0.15) is 0 Å². The second-order valence-electron chi connectivity index (χ2n) is 7.79. The van der Waals surface area contributed by atoms with Crippen LogP contribution in [-0.4, -0.2) is 64.1 Å². The third kappa shape index (κ3) is 3.87. The zero-order valence-corrected chi connectivity index (χ0v) is 17.3. The highest BCUT2D eigenvalue weighted by Crippen LogP contribution is 2.42. The molecular weight excluding hydrogens is 416 g/mol. The number of esters is 1. The van der Waals surface area contributed by atoms with Crippen molar-refractivity contribution in [2.24, 2.45) is 11.3 Å². The van der Waals surface area contributed by atoms with Crippen molar-refractivity contribution >= 4 is 46.9 Å². The lowest BCUT2D eigenvalue weighted by Gasteiger charge is -2.53. The summed E-state index contributed by atoms with van der Waals surface area (Å²) in [7, 11) is 0. The predicted octanol–water partition coefficient (Wildman–Crippen LogP) is 1.10. The summed E-state index contributed by atoms with van der Waals surface area (Å²) in [5.41, 5.74) is -1.32. The van der Waals surface area contributed by atoms with E-state index in [0.717, 1.165) is 24.1 Å². The highest BCUT2D eigenvalue weighted by Gasteiger charge is 2.58. The van der Waals surface area contributed by atoms with E-state index in [1.807, 2.05) is 17.5 Å². The zero-order valence-electron chi connectivity index (χ0n) is 15.7. The van der Waals surface area contributed by atoms with Crippen molar-refractivity contribution in [1.82, 2.24) is 10.2 Å². The number of hydrogen-bond donors (Lipinski definition) is 2. The molecule has 3 aliphatic rings. The van der Waals surface area contributed by atoms with Crippen LogP contribution in [0.4, 0.5) is 0 Å². The van der Waals surface area contributed by atoms with Gasteiger partial charge in [-0.25, -0.2) is 0 Å². The van der Waals surface area contributed by atoms with Gasteiger partial charge in [0.2, 0.25) is 11.8 Å². The SMILES string of the molecule is O=C(Cc1cccs1)NC1C(=O)N2CC(COC(=O)C3CCC3)(C(=O)O)CS[C@H]12. The monoisotopic (exact) mass is 438 g/mol. The van der Waals surface area contributed by atoms with Gasteiger partial charge in [0, 0.05) is 17.2 Å². The minimum absolute atomic E-state index is 0.0198. The lowest BCUT2D eigenvalue weighted by Crippen LogP contribution is -2.74. The van der Waals surface area contributed by atoms with Crippen LogP contribution in [0.5, 0.6) is 0 Å². The maximum absolute atomic E-state index is 12.5. The second kappa shape index (κ2) is 7.98. The molecule has 1 saturated carbocycles. The van der Waals surface area contributed by atoms with Crippen LogP contribution in [0.3, 0.4) is 0 Å². The largest absolute Gasteiger partial charge is 0.481 e. The number of thiophene rings is 1. The van der Waals surface area contributed by atoms with Gasteiger partial charge >= 0.3 is 11.9 Å². The van der Waals surface area contributed by atoms with E-state index in [1.165, 1.54) is 28.0 Å². The summed E-state index contributed by atoms with van der Waals surface area (Å²) in [6.07, 6.45) is 2.78. The van der Waals surface area contributed by atoms with Gasteiger partial charge < -0.3 is 20.1 Å². The summed E-state index contributed by atoms with van der Waals surface area (Å²) in [4.78, 5) is 51.1. The Labute approximate surface area is 176 Å². The molecule has 1 aromatic rings. The van der Waals surface area contributed by atoms with Gasteiger partial charge in [-0.1, -0.05) is 12.5 Å². The summed E-state index contributed by atoms with van der Waals surface area (Å²) >= 11 is 2.79. The van der Waals surface area contributed by atoms with Crippen LogP contribution < -0.4 is 5.32 Å². The van der Waals surface area contributed by atoms with Gasteiger partial charge in [-0.05, 0) is 24.3 Å². The molecule has 3 fully saturated rings. The number of rotatable bonds is 7. The smallest absolute Gasteiger partial charge is 0.315 e. The standard InChI is InChI=1S/C19H22N2O6S2/c22-13(7-12-5-2-6-28-12)20-14-15(23)21-8-19(18(25)26,10-29-16(14)21)9-27-17(24)11-3-1-4-11/h2,5-6,11,14,16H,1,3-4,7-10H2,(H,20,22)(H,25,26)/t14?,16-,19?/m1/s1. The van der Waals surface area contributed by atoms with E-state index in [0.29, 0.717) is 0 Å². The molecule has 156 valence electrons. The molecule has 3 heterocycles. The number of carbonyl (C=O) groups excluding carboxylic acids is 3. The molecule has 2 amide bonds. The molecule has 2 aliphatic heterocycles. The molecule has 8 nitrogen and oxygen atoms in total. The minimum atomic E-state index is -1.32. The van der Waals surface area contributed by atoms with Crippen molar-refractivity contribution in [3.8, 4) is 0 Å². The number of carboxylic acids is 1.